The molecule has 4 saturated carbocycles. The van der Waals surface area contributed by atoms with Gasteiger partial charge in [-0.1, -0.05) is 54.6 Å². The molecular formula is C40H39BO3. The third-order valence-corrected chi connectivity index (χ3v) is 12.9. The van der Waals surface area contributed by atoms with E-state index in [1.165, 1.54) is 54.4 Å². The summed E-state index contributed by atoms with van der Waals surface area (Å²) in [6.07, 6.45) is 7.11. The normalized spacial score (nSPS) is 30.5. The first-order chi connectivity index (χ1) is 21.2. The van der Waals surface area contributed by atoms with E-state index in [9.17, 15) is 0 Å². The second-order valence-corrected chi connectivity index (χ2v) is 15.6. The number of benzene rings is 4. The number of rotatable bonds is 2. The van der Waals surface area contributed by atoms with Crippen LogP contribution in [0.3, 0.4) is 0 Å². The summed E-state index contributed by atoms with van der Waals surface area (Å²) in [5.41, 5.74) is 10.9. The lowest BCUT2D eigenvalue weighted by molar-refractivity contribution is -0.0399. The predicted molar refractivity (Wildman–Crippen MR) is 178 cm³/mol. The molecule has 44 heavy (non-hydrogen) atoms. The van der Waals surface area contributed by atoms with Crippen molar-refractivity contribution in [2.45, 2.75) is 76.4 Å². The Labute approximate surface area is 260 Å². The van der Waals surface area contributed by atoms with E-state index in [1.54, 1.807) is 11.1 Å². The first-order valence-corrected chi connectivity index (χ1v) is 16.8. The fraction of sp³-hybridized carbons (Fsp3) is 0.400. The minimum atomic E-state index is -0.402. The van der Waals surface area contributed by atoms with Gasteiger partial charge in [0.05, 0.1) is 11.2 Å². The number of fused-ring (bicyclic) bond motifs is 6. The number of hydrogen-bond acceptors (Lipinski definition) is 3. The predicted octanol–water partition coefficient (Wildman–Crippen LogP) is 9.27. The zero-order valence-corrected chi connectivity index (χ0v) is 26.2. The Kier molecular flexibility index (Phi) is 4.99. The van der Waals surface area contributed by atoms with Gasteiger partial charge in [0, 0.05) is 16.2 Å². The van der Waals surface area contributed by atoms with E-state index < -0.39 is 7.12 Å². The maximum Gasteiger partial charge on any atom is 0.494 e. The molecule has 0 amide bonds. The fourth-order valence-corrected chi connectivity index (χ4v) is 10.4. The van der Waals surface area contributed by atoms with Gasteiger partial charge in [-0.3, -0.25) is 0 Å². The third-order valence-electron chi connectivity index (χ3n) is 12.9. The van der Waals surface area contributed by atoms with E-state index in [0.717, 1.165) is 51.1 Å². The molecule has 2 heterocycles. The van der Waals surface area contributed by atoms with Crippen LogP contribution in [0, 0.1) is 23.7 Å². The lowest BCUT2D eigenvalue weighted by Crippen LogP contribution is -2.55. The molecule has 5 fully saturated rings. The molecule has 220 valence electrons. The van der Waals surface area contributed by atoms with Crippen LogP contribution >= 0.6 is 0 Å². The van der Waals surface area contributed by atoms with Gasteiger partial charge in [-0.05, 0) is 147 Å². The van der Waals surface area contributed by atoms with Gasteiger partial charge < -0.3 is 13.7 Å². The standard InChI is InChI=1S/C40H39BO3/c1-38(2)39(3,4)44-41(43-38)29-11-14-33-32-13-10-26(21-36(32)42-37(33)22-29)25-9-12-31-30-7-5-6-8-34(30)40(35(31)20-25)27-16-23-15-24(18-27)19-28(40)17-23/h5-14,20-24,27-28H,15-19H2,1-4H3. The summed E-state index contributed by atoms with van der Waals surface area (Å²) in [6.45, 7) is 8.38. The molecule has 0 radical (unpaired) electrons. The smallest absolute Gasteiger partial charge is 0.456 e. The lowest BCUT2D eigenvalue weighted by atomic mass is 9.43. The summed E-state index contributed by atoms with van der Waals surface area (Å²) in [5.74, 6) is 3.44. The zero-order valence-electron chi connectivity index (χ0n) is 26.2. The van der Waals surface area contributed by atoms with Crippen molar-refractivity contribution in [1.82, 2.24) is 0 Å². The first kappa shape index (κ1) is 25.9. The van der Waals surface area contributed by atoms with Crippen LogP contribution in [0.2, 0.25) is 0 Å². The molecule has 4 aromatic carbocycles. The molecule has 0 atom stereocenters. The average molecular weight is 579 g/mol. The molecule has 4 heteroatoms. The highest BCUT2D eigenvalue weighted by atomic mass is 16.7. The van der Waals surface area contributed by atoms with Gasteiger partial charge in [0.2, 0.25) is 0 Å². The van der Waals surface area contributed by atoms with Gasteiger partial charge in [0.25, 0.3) is 0 Å². The number of furan rings is 1. The van der Waals surface area contributed by atoms with E-state index in [1.807, 2.05) is 0 Å². The van der Waals surface area contributed by atoms with Crippen molar-refractivity contribution in [3.8, 4) is 22.3 Å². The van der Waals surface area contributed by atoms with Crippen molar-refractivity contribution in [2.24, 2.45) is 23.7 Å². The van der Waals surface area contributed by atoms with E-state index in [2.05, 4.69) is 107 Å². The van der Waals surface area contributed by atoms with Crippen molar-refractivity contribution in [3.63, 3.8) is 0 Å². The third kappa shape index (κ3) is 3.26. The molecule has 0 N–H and O–H groups in total. The molecule has 5 aromatic rings. The Balaban J connectivity index is 1.07. The largest absolute Gasteiger partial charge is 0.494 e. The zero-order chi connectivity index (χ0) is 29.6. The van der Waals surface area contributed by atoms with Crippen LogP contribution in [0.4, 0.5) is 0 Å². The van der Waals surface area contributed by atoms with Gasteiger partial charge >= 0.3 is 7.12 Å². The van der Waals surface area contributed by atoms with Crippen LogP contribution in [0.5, 0.6) is 0 Å². The topological polar surface area (TPSA) is 31.6 Å². The minimum Gasteiger partial charge on any atom is -0.456 e. The highest BCUT2D eigenvalue weighted by molar-refractivity contribution is 6.62. The molecule has 3 nitrogen and oxygen atoms in total. The summed E-state index contributed by atoms with van der Waals surface area (Å²) in [7, 11) is -0.402. The SMILES string of the molecule is CC1(C)OB(c2ccc3c(c2)oc2cc(-c4ccc5c(c4)C4(c6ccccc6-5)C5CC6CC(C5)CC4C6)ccc23)OC1(C)C. The quantitative estimate of drug-likeness (QED) is 0.196. The van der Waals surface area contributed by atoms with Crippen LogP contribution in [0.15, 0.2) is 83.3 Å². The maximum absolute atomic E-state index is 6.54. The maximum atomic E-state index is 6.54. The molecular weight excluding hydrogens is 539 g/mol. The Bertz CT molecular complexity index is 1970. The molecule has 1 aromatic heterocycles. The molecule has 11 rings (SSSR count). The monoisotopic (exact) mass is 578 g/mol. The van der Waals surface area contributed by atoms with Crippen LogP contribution < -0.4 is 5.46 Å². The Morgan fingerprint density at radius 2 is 1.18 bits per heavy atom. The van der Waals surface area contributed by atoms with Crippen molar-refractivity contribution in [1.29, 1.82) is 0 Å². The summed E-state index contributed by atoms with van der Waals surface area (Å²) in [6, 6.07) is 29.8. The van der Waals surface area contributed by atoms with Crippen molar-refractivity contribution in [3.05, 3.63) is 90.0 Å². The summed E-state index contributed by atoms with van der Waals surface area (Å²) >= 11 is 0. The van der Waals surface area contributed by atoms with E-state index >= 15 is 0 Å². The molecule has 0 unspecified atom stereocenters. The summed E-state index contributed by atoms with van der Waals surface area (Å²) in [5, 5.41) is 2.28. The van der Waals surface area contributed by atoms with Gasteiger partial charge in [-0.15, -0.1) is 0 Å². The van der Waals surface area contributed by atoms with E-state index in [0.29, 0.717) is 0 Å². The number of hydrogen-bond donors (Lipinski definition) is 0. The minimum absolute atomic E-state index is 0.183. The Hall–Kier alpha value is -3.34. The highest BCUT2D eigenvalue weighted by Crippen LogP contribution is 2.69. The Morgan fingerprint density at radius 3 is 1.91 bits per heavy atom. The van der Waals surface area contributed by atoms with Gasteiger partial charge in [-0.25, -0.2) is 0 Å². The van der Waals surface area contributed by atoms with Crippen molar-refractivity contribution >= 4 is 34.5 Å². The van der Waals surface area contributed by atoms with Gasteiger partial charge in [-0.2, -0.15) is 0 Å². The molecule has 1 aliphatic heterocycles. The van der Waals surface area contributed by atoms with Gasteiger partial charge in [0.15, 0.2) is 0 Å². The summed E-state index contributed by atoms with van der Waals surface area (Å²) in [4.78, 5) is 0. The Morgan fingerprint density at radius 1 is 0.591 bits per heavy atom. The first-order valence-electron chi connectivity index (χ1n) is 16.8. The van der Waals surface area contributed by atoms with E-state index in [4.69, 9.17) is 13.7 Å². The molecule has 1 saturated heterocycles. The van der Waals surface area contributed by atoms with Crippen LogP contribution in [-0.2, 0) is 14.7 Å². The molecule has 6 aliphatic rings. The van der Waals surface area contributed by atoms with Gasteiger partial charge in [0.1, 0.15) is 11.2 Å². The van der Waals surface area contributed by atoms with Crippen molar-refractivity contribution < 1.29 is 13.7 Å². The highest BCUT2D eigenvalue weighted by Gasteiger charge is 2.61. The molecule has 4 bridgehead atoms. The second-order valence-electron chi connectivity index (χ2n) is 15.6. The van der Waals surface area contributed by atoms with E-state index in [-0.39, 0.29) is 16.6 Å². The van der Waals surface area contributed by atoms with Crippen LogP contribution in [-0.4, -0.2) is 18.3 Å². The fourth-order valence-electron chi connectivity index (χ4n) is 10.4. The van der Waals surface area contributed by atoms with Crippen molar-refractivity contribution in [2.75, 3.05) is 0 Å². The lowest BCUT2D eigenvalue weighted by Gasteiger charge is -2.61. The average Bonchev–Trinajstić information content (AvgIpc) is 3.59. The molecule has 5 aliphatic carbocycles. The van der Waals surface area contributed by atoms with Crippen LogP contribution in [0.25, 0.3) is 44.2 Å². The molecule has 1 spiro atoms. The summed E-state index contributed by atoms with van der Waals surface area (Å²) < 4.78 is 19.2. The van der Waals surface area contributed by atoms with Crippen LogP contribution in [0.1, 0.15) is 70.9 Å². The second kappa shape index (κ2) is 8.47.